The molecule has 0 atom stereocenters. The molecule has 0 unspecified atom stereocenters. The normalized spacial score (nSPS) is 10.8. The summed E-state index contributed by atoms with van der Waals surface area (Å²) in [6, 6.07) is 13.9. The first-order valence-corrected chi connectivity index (χ1v) is 8.52. The monoisotopic (exact) mass is 392 g/mol. The Kier molecular flexibility index (Phi) is 4.47. The van der Waals surface area contributed by atoms with Crippen molar-refractivity contribution < 1.29 is 18.6 Å². The van der Waals surface area contributed by atoms with E-state index in [9.17, 15) is 19.3 Å². The first-order chi connectivity index (χ1) is 13.9. The molecule has 1 N–H and O–H groups in total. The maximum Gasteiger partial charge on any atom is 0.306 e. The number of hydrogen-bond acceptors (Lipinski definition) is 6. The smallest absolute Gasteiger partial charge is 0.306 e. The molecular formula is C20H13FN4O4. The Morgan fingerprint density at radius 3 is 2.66 bits per heavy atom. The largest absolute Gasteiger partial charge is 0.335 e. The third-order valence-electron chi connectivity index (χ3n) is 4.33. The molecule has 1 amide bonds. The van der Waals surface area contributed by atoms with Crippen LogP contribution in [0.1, 0.15) is 16.1 Å². The molecule has 0 saturated carbocycles. The molecule has 9 heteroatoms. The van der Waals surface area contributed by atoms with Gasteiger partial charge in [0.25, 0.3) is 11.6 Å². The summed E-state index contributed by atoms with van der Waals surface area (Å²) in [6.45, 7) is 1.68. The SMILES string of the molecule is Cc1noc2nc(-c3ccccc3)cc(C(=O)Nc3ccc(F)c([N+](=O)[O-])c3)c12. The van der Waals surface area contributed by atoms with Gasteiger partial charge in [0.2, 0.25) is 5.82 Å². The number of pyridine rings is 1. The second kappa shape index (κ2) is 7.12. The summed E-state index contributed by atoms with van der Waals surface area (Å²) in [6.07, 6.45) is 0. The molecule has 0 spiro atoms. The minimum atomic E-state index is -0.986. The number of nitro benzene ring substituents is 1. The van der Waals surface area contributed by atoms with E-state index in [2.05, 4.69) is 15.5 Å². The minimum absolute atomic E-state index is 0.0865. The topological polar surface area (TPSA) is 111 Å². The number of anilines is 1. The number of aromatic nitrogens is 2. The molecule has 0 saturated heterocycles. The number of amides is 1. The van der Waals surface area contributed by atoms with Crippen LogP contribution in [0.2, 0.25) is 0 Å². The highest BCUT2D eigenvalue weighted by Gasteiger charge is 2.21. The molecule has 2 aromatic heterocycles. The fourth-order valence-corrected chi connectivity index (χ4v) is 2.96. The van der Waals surface area contributed by atoms with Gasteiger partial charge < -0.3 is 9.84 Å². The zero-order valence-electron chi connectivity index (χ0n) is 15.0. The van der Waals surface area contributed by atoms with E-state index in [0.29, 0.717) is 16.8 Å². The molecule has 0 aliphatic carbocycles. The first-order valence-electron chi connectivity index (χ1n) is 8.52. The number of carbonyl (C=O) groups is 1. The highest BCUT2D eigenvalue weighted by atomic mass is 19.1. The van der Waals surface area contributed by atoms with Gasteiger partial charge in [0.15, 0.2) is 0 Å². The van der Waals surface area contributed by atoms with E-state index in [1.54, 1.807) is 13.0 Å². The number of carbonyl (C=O) groups excluding carboxylic acids is 1. The third kappa shape index (κ3) is 3.41. The van der Waals surface area contributed by atoms with Crippen LogP contribution in [0.15, 0.2) is 59.1 Å². The summed E-state index contributed by atoms with van der Waals surface area (Å²) in [5.41, 5.74) is 1.54. The van der Waals surface area contributed by atoms with E-state index in [4.69, 9.17) is 4.52 Å². The van der Waals surface area contributed by atoms with E-state index >= 15 is 0 Å². The lowest BCUT2D eigenvalue weighted by molar-refractivity contribution is -0.387. The molecule has 29 heavy (non-hydrogen) atoms. The van der Waals surface area contributed by atoms with Gasteiger partial charge in [-0.2, -0.15) is 4.39 Å². The van der Waals surface area contributed by atoms with Crippen molar-refractivity contribution in [2.75, 3.05) is 5.32 Å². The van der Waals surface area contributed by atoms with Crippen LogP contribution in [0.5, 0.6) is 0 Å². The van der Waals surface area contributed by atoms with Gasteiger partial charge in [-0.3, -0.25) is 14.9 Å². The lowest BCUT2D eigenvalue weighted by Gasteiger charge is -2.08. The first kappa shape index (κ1) is 18.2. The van der Waals surface area contributed by atoms with E-state index in [0.717, 1.165) is 17.7 Å². The van der Waals surface area contributed by atoms with Crippen molar-refractivity contribution in [1.82, 2.24) is 10.1 Å². The Bertz CT molecular complexity index is 1250. The molecular weight excluding hydrogens is 379 g/mol. The van der Waals surface area contributed by atoms with Crippen LogP contribution in [0.25, 0.3) is 22.4 Å². The zero-order chi connectivity index (χ0) is 20.5. The Morgan fingerprint density at radius 2 is 1.93 bits per heavy atom. The van der Waals surface area contributed by atoms with Gasteiger partial charge in [-0.25, -0.2) is 4.98 Å². The molecule has 0 aliphatic heterocycles. The number of fused-ring (bicyclic) bond motifs is 1. The number of nitrogens with zero attached hydrogens (tertiary/aromatic N) is 3. The zero-order valence-corrected chi connectivity index (χ0v) is 15.0. The van der Waals surface area contributed by atoms with Gasteiger partial charge in [0.05, 0.1) is 27.3 Å². The maximum absolute atomic E-state index is 13.6. The highest BCUT2D eigenvalue weighted by Crippen LogP contribution is 2.28. The molecule has 2 aromatic carbocycles. The molecule has 0 aliphatic rings. The Morgan fingerprint density at radius 1 is 1.17 bits per heavy atom. The van der Waals surface area contributed by atoms with Gasteiger partial charge in [-0.15, -0.1) is 0 Å². The summed E-state index contributed by atoms with van der Waals surface area (Å²) in [4.78, 5) is 27.5. The van der Waals surface area contributed by atoms with Crippen molar-refractivity contribution in [2.45, 2.75) is 6.92 Å². The molecule has 0 radical (unpaired) electrons. The van der Waals surface area contributed by atoms with Crippen LogP contribution in [0.4, 0.5) is 15.8 Å². The van der Waals surface area contributed by atoms with E-state index in [-0.39, 0.29) is 17.0 Å². The van der Waals surface area contributed by atoms with Crippen molar-refractivity contribution in [3.63, 3.8) is 0 Å². The van der Waals surface area contributed by atoms with Crippen molar-refractivity contribution in [2.24, 2.45) is 0 Å². The number of aryl methyl sites for hydroxylation is 1. The lowest BCUT2D eigenvalue weighted by Crippen LogP contribution is -2.13. The molecule has 4 aromatic rings. The average Bonchev–Trinajstić information content (AvgIpc) is 3.10. The molecule has 2 heterocycles. The molecule has 144 valence electrons. The number of halogens is 1. The Labute approximate surface area is 163 Å². The Balaban J connectivity index is 1.78. The number of rotatable bonds is 4. The standard InChI is InChI=1S/C20H13FN4O4/c1-11-18-14(19(26)22-13-7-8-15(21)17(9-13)25(27)28)10-16(23-20(18)29-24-11)12-5-3-2-4-6-12/h2-10H,1H3,(H,22,26). The third-order valence-corrected chi connectivity index (χ3v) is 4.33. The van der Waals surface area contributed by atoms with Crippen molar-refractivity contribution in [3.05, 3.63) is 81.8 Å². The van der Waals surface area contributed by atoms with Crippen LogP contribution in [-0.4, -0.2) is 21.0 Å². The van der Waals surface area contributed by atoms with Gasteiger partial charge in [-0.05, 0) is 25.1 Å². The molecule has 0 bridgehead atoms. The second-order valence-corrected chi connectivity index (χ2v) is 6.25. The van der Waals surface area contributed by atoms with Gasteiger partial charge in [0.1, 0.15) is 0 Å². The van der Waals surface area contributed by atoms with E-state index < -0.39 is 22.3 Å². The highest BCUT2D eigenvalue weighted by molar-refractivity contribution is 6.13. The second-order valence-electron chi connectivity index (χ2n) is 6.25. The van der Waals surface area contributed by atoms with Crippen molar-refractivity contribution in [1.29, 1.82) is 0 Å². The molecule has 8 nitrogen and oxygen atoms in total. The van der Waals surface area contributed by atoms with E-state index in [1.807, 2.05) is 30.3 Å². The fraction of sp³-hybridized carbons (Fsp3) is 0.0500. The molecule has 0 fully saturated rings. The van der Waals surface area contributed by atoms with E-state index in [1.165, 1.54) is 6.07 Å². The average molecular weight is 392 g/mol. The number of nitro groups is 1. The fourth-order valence-electron chi connectivity index (χ4n) is 2.96. The van der Waals surface area contributed by atoms with Gasteiger partial charge in [-0.1, -0.05) is 35.5 Å². The maximum atomic E-state index is 13.6. The van der Waals surface area contributed by atoms with Crippen molar-refractivity contribution >= 4 is 28.4 Å². The summed E-state index contributed by atoms with van der Waals surface area (Å²) in [7, 11) is 0. The number of benzene rings is 2. The molecule has 4 rings (SSSR count). The van der Waals surface area contributed by atoms with Crippen LogP contribution in [0, 0.1) is 22.9 Å². The summed E-state index contributed by atoms with van der Waals surface area (Å²) >= 11 is 0. The Hall–Kier alpha value is -4.14. The van der Waals surface area contributed by atoms with Crippen LogP contribution in [-0.2, 0) is 0 Å². The summed E-state index contributed by atoms with van der Waals surface area (Å²) < 4.78 is 18.8. The minimum Gasteiger partial charge on any atom is -0.335 e. The van der Waals surface area contributed by atoms with Gasteiger partial charge in [0, 0.05) is 17.3 Å². The predicted molar refractivity (Wildman–Crippen MR) is 103 cm³/mol. The summed E-state index contributed by atoms with van der Waals surface area (Å²) in [5, 5.41) is 17.8. The van der Waals surface area contributed by atoms with Gasteiger partial charge >= 0.3 is 5.69 Å². The predicted octanol–water partition coefficient (Wildman–Crippen LogP) is 4.50. The lowest BCUT2D eigenvalue weighted by atomic mass is 10.0. The van der Waals surface area contributed by atoms with Crippen LogP contribution >= 0.6 is 0 Å². The van der Waals surface area contributed by atoms with Crippen molar-refractivity contribution in [3.8, 4) is 11.3 Å². The number of hydrogen-bond donors (Lipinski definition) is 1. The number of nitrogens with one attached hydrogen (secondary N) is 1. The van der Waals surface area contributed by atoms with Crippen LogP contribution < -0.4 is 5.32 Å². The quantitative estimate of drug-likeness (QED) is 0.404. The van der Waals surface area contributed by atoms with Crippen LogP contribution in [0.3, 0.4) is 0 Å². The summed E-state index contributed by atoms with van der Waals surface area (Å²) in [5.74, 6) is -1.54.